The molecule has 1 atom stereocenters. The fourth-order valence-electron chi connectivity index (χ4n) is 5.48. The highest BCUT2D eigenvalue weighted by Gasteiger charge is 2.21. The van der Waals surface area contributed by atoms with Gasteiger partial charge in [0.25, 0.3) is 0 Å². The predicted octanol–water partition coefficient (Wildman–Crippen LogP) is 5.80. The molecule has 9 nitrogen and oxygen atoms in total. The van der Waals surface area contributed by atoms with Gasteiger partial charge < -0.3 is 20.5 Å². The number of anilines is 2. The van der Waals surface area contributed by atoms with Gasteiger partial charge in [0.1, 0.15) is 41.7 Å². The van der Waals surface area contributed by atoms with Gasteiger partial charge in [-0.05, 0) is 94.8 Å². The first-order chi connectivity index (χ1) is 21.3. The summed E-state index contributed by atoms with van der Waals surface area (Å²) in [5, 5.41) is 17.2. The van der Waals surface area contributed by atoms with Crippen LogP contribution in [0.2, 0.25) is 0 Å². The Kier molecular flexibility index (Phi) is 10.6. The number of aliphatic carboxylic acids is 1. The number of rotatable bonds is 15. The molecule has 0 saturated heterocycles. The number of benzene rings is 2. The van der Waals surface area contributed by atoms with Crippen LogP contribution in [-0.2, 0) is 17.6 Å². The molecule has 5 rings (SSSR count). The number of aromatic nitrogens is 3. The lowest BCUT2D eigenvalue weighted by molar-refractivity contribution is -0.138. The van der Waals surface area contributed by atoms with Gasteiger partial charge in [-0.2, -0.15) is 0 Å². The normalized spacial score (nSPS) is 13.4. The van der Waals surface area contributed by atoms with E-state index in [1.807, 2.05) is 31.2 Å². The molecule has 4 aromatic rings. The summed E-state index contributed by atoms with van der Waals surface area (Å²) >= 11 is 0. The molecule has 0 radical (unpaired) electrons. The number of nitrogens with zero attached hydrogens (tertiary/aromatic N) is 4. The Morgan fingerprint density at radius 3 is 2.70 bits per heavy atom. The van der Waals surface area contributed by atoms with Crippen LogP contribution >= 0.6 is 0 Å². The summed E-state index contributed by atoms with van der Waals surface area (Å²) < 4.78 is 19.8. The molecule has 2 aromatic carbocycles. The van der Waals surface area contributed by atoms with Crippen molar-refractivity contribution in [3.05, 3.63) is 83.1 Å². The van der Waals surface area contributed by atoms with E-state index < -0.39 is 17.8 Å². The van der Waals surface area contributed by atoms with Crippen molar-refractivity contribution in [3.63, 3.8) is 0 Å². The Balaban J connectivity index is 1.20. The Hall–Kier alpha value is -4.31. The van der Waals surface area contributed by atoms with Crippen LogP contribution in [0.15, 0.2) is 54.6 Å². The number of fused-ring (bicyclic) bond motifs is 2. The molecule has 0 amide bonds. The molecule has 1 aliphatic rings. The SMILES string of the molecule is Cc1ccc(OCCN(CCCCc2ccc3c(n2)NCCC3)CCC(Nc2nc(C)nc3cc(F)ccc23)C(=O)O)cc1. The Labute approximate surface area is 257 Å². The maximum absolute atomic E-state index is 13.8. The van der Waals surface area contributed by atoms with Crippen LogP contribution < -0.4 is 15.4 Å². The van der Waals surface area contributed by atoms with Crippen LogP contribution in [0.25, 0.3) is 10.9 Å². The highest BCUT2D eigenvalue weighted by Crippen LogP contribution is 2.23. The average molecular weight is 601 g/mol. The molecule has 0 saturated carbocycles. The highest BCUT2D eigenvalue weighted by molar-refractivity contribution is 5.91. The quantitative estimate of drug-likeness (QED) is 0.146. The molecule has 0 aliphatic carbocycles. The standard InChI is InChI=1S/C34H41FN6O3/c1-23-8-13-28(14-9-23)44-21-20-41(18-4-3-7-27-12-10-25-6-5-17-36-32(25)39-27)19-16-30(34(42)43)40-33-29-15-11-26(35)22-31(29)37-24(2)38-33/h8-15,22,30H,3-7,16-21H2,1-2H3,(H,36,39)(H,42,43)(H,37,38,40). The molecule has 3 heterocycles. The zero-order chi connectivity index (χ0) is 30.9. The summed E-state index contributed by atoms with van der Waals surface area (Å²) in [6.07, 6.45) is 5.39. The summed E-state index contributed by atoms with van der Waals surface area (Å²) in [7, 11) is 0. The maximum atomic E-state index is 13.8. The molecule has 0 spiro atoms. The first-order valence-electron chi connectivity index (χ1n) is 15.4. The third kappa shape index (κ3) is 8.63. The third-order valence-electron chi connectivity index (χ3n) is 7.92. The Morgan fingerprint density at radius 2 is 1.89 bits per heavy atom. The molecule has 44 heavy (non-hydrogen) atoms. The summed E-state index contributed by atoms with van der Waals surface area (Å²) in [6, 6.07) is 15.6. The first kappa shape index (κ1) is 31.1. The molecule has 0 bridgehead atoms. The summed E-state index contributed by atoms with van der Waals surface area (Å²) in [5.41, 5.74) is 3.99. The second kappa shape index (κ2) is 14.9. The molecule has 10 heteroatoms. The van der Waals surface area contributed by atoms with Crippen LogP contribution in [-0.4, -0.2) is 69.8 Å². The van der Waals surface area contributed by atoms with Crippen LogP contribution in [0.4, 0.5) is 16.0 Å². The molecule has 1 aliphatic heterocycles. The van der Waals surface area contributed by atoms with E-state index in [0.717, 1.165) is 62.5 Å². The van der Waals surface area contributed by atoms with Crippen molar-refractivity contribution in [3.8, 4) is 5.75 Å². The number of hydrogen-bond donors (Lipinski definition) is 3. The van der Waals surface area contributed by atoms with Crippen molar-refractivity contribution < 1.29 is 19.0 Å². The second-order valence-electron chi connectivity index (χ2n) is 11.4. The summed E-state index contributed by atoms with van der Waals surface area (Å²) in [4.78, 5) is 28.1. The molecular weight excluding hydrogens is 559 g/mol. The van der Waals surface area contributed by atoms with E-state index in [1.165, 1.54) is 23.3 Å². The Bertz CT molecular complexity index is 1560. The van der Waals surface area contributed by atoms with Crippen LogP contribution in [0.1, 0.15) is 48.3 Å². The van der Waals surface area contributed by atoms with E-state index in [4.69, 9.17) is 9.72 Å². The molecule has 0 fully saturated rings. The fourth-order valence-corrected chi connectivity index (χ4v) is 5.48. The van der Waals surface area contributed by atoms with Crippen LogP contribution in [0, 0.1) is 19.7 Å². The molecular formula is C34H41FN6O3. The lowest BCUT2D eigenvalue weighted by Crippen LogP contribution is -2.37. The van der Waals surface area contributed by atoms with Gasteiger partial charge in [0.05, 0.1) is 5.52 Å². The maximum Gasteiger partial charge on any atom is 0.326 e. The first-order valence-corrected chi connectivity index (χ1v) is 15.4. The minimum absolute atomic E-state index is 0.351. The number of carboxylic acids is 1. The molecule has 2 aromatic heterocycles. The second-order valence-corrected chi connectivity index (χ2v) is 11.4. The monoisotopic (exact) mass is 600 g/mol. The van der Waals surface area contributed by atoms with E-state index in [-0.39, 0.29) is 0 Å². The predicted molar refractivity (Wildman–Crippen MR) is 171 cm³/mol. The van der Waals surface area contributed by atoms with Gasteiger partial charge in [0.2, 0.25) is 0 Å². The van der Waals surface area contributed by atoms with Gasteiger partial charge in [0, 0.05) is 36.8 Å². The third-order valence-corrected chi connectivity index (χ3v) is 7.92. The number of carbonyl (C=O) groups is 1. The summed E-state index contributed by atoms with van der Waals surface area (Å²) in [6.45, 7) is 7.24. The average Bonchev–Trinajstić information content (AvgIpc) is 3.01. The van der Waals surface area contributed by atoms with Crippen molar-refractivity contribution in [2.45, 2.75) is 58.4 Å². The van der Waals surface area contributed by atoms with Gasteiger partial charge >= 0.3 is 5.97 Å². The van der Waals surface area contributed by atoms with Crippen molar-refractivity contribution in [1.29, 1.82) is 0 Å². The largest absolute Gasteiger partial charge is 0.492 e. The van der Waals surface area contributed by atoms with E-state index in [9.17, 15) is 14.3 Å². The van der Waals surface area contributed by atoms with E-state index >= 15 is 0 Å². The molecule has 1 unspecified atom stereocenters. The number of pyridine rings is 1. The lowest BCUT2D eigenvalue weighted by Gasteiger charge is -2.25. The van der Waals surface area contributed by atoms with E-state index in [2.05, 4.69) is 37.6 Å². The van der Waals surface area contributed by atoms with Crippen molar-refractivity contribution in [2.75, 3.05) is 43.4 Å². The highest BCUT2D eigenvalue weighted by atomic mass is 19.1. The summed E-state index contributed by atoms with van der Waals surface area (Å²) in [5.74, 6) is 1.29. The van der Waals surface area contributed by atoms with Crippen molar-refractivity contribution >= 4 is 28.5 Å². The zero-order valence-corrected chi connectivity index (χ0v) is 25.5. The number of unbranched alkanes of at least 4 members (excludes halogenated alkanes) is 1. The van der Waals surface area contributed by atoms with Crippen LogP contribution in [0.3, 0.4) is 0 Å². The topological polar surface area (TPSA) is 113 Å². The van der Waals surface area contributed by atoms with E-state index in [0.29, 0.717) is 48.7 Å². The van der Waals surface area contributed by atoms with Gasteiger partial charge in [-0.1, -0.05) is 23.8 Å². The lowest BCUT2D eigenvalue weighted by atomic mass is 10.1. The number of ether oxygens (including phenoxy) is 1. The molecule has 3 N–H and O–H groups in total. The number of hydrogen-bond acceptors (Lipinski definition) is 8. The minimum Gasteiger partial charge on any atom is -0.492 e. The van der Waals surface area contributed by atoms with Crippen molar-refractivity contribution in [2.24, 2.45) is 0 Å². The van der Waals surface area contributed by atoms with Gasteiger partial charge in [-0.3, -0.25) is 4.90 Å². The van der Waals surface area contributed by atoms with Crippen LogP contribution in [0.5, 0.6) is 5.75 Å². The Morgan fingerprint density at radius 1 is 1.05 bits per heavy atom. The van der Waals surface area contributed by atoms with Gasteiger partial charge in [-0.25, -0.2) is 24.1 Å². The fraction of sp³-hybridized carbons (Fsp3) is 0.412. The number of carboxylic acid groups (broad SMARTS) is 1. The molecule has 232 valence electrons. The zero-order valence-electron chi connectivity index (χ0n) is 25.5. The van der Waals surface area contributed by atoms with Crippen molar-refractivity contribution in [1.82, 2.24) is 19.9 Å². The smallest absolute Gasteiger partial charge is 0.326 e. The number of aryl methyl sites for hydroxylation is 4. The number of nitrogens with one attached hydrogen (secondary N) is 2. The van der Waals surface area contributed by atoms with E-state index in [1.54, 1.807) is 13.0 Å². The van der Waals surface area contributed by atoms with Gasteiger partial charge in [0.15, 0.2) is 0 Å². The number of halogens is 1. The minimum atomic E-state index is -0.973. The van der Waals surface area contributed by atoms with Gasteiger partial charge in [-0.15, -0.1) is 0 Å².